The number of nitrogens with one attached hydrogen (secondary N) is 1. The average Bonchev–Trinajstić information content (AvgIpc) is 3.50. The van der Waals surface area contributed by atoms with E-state index >= 15 is 0 Å². The molecular formula is C28H31N5OS. The van der Waals surface area contributed by atoms with Gasteiger partial charge in [-0.25, -0.2) is 4.98 Å². The van der Waals surface area contributed by atoms with Gasteiger partial charge in [-0.3, -0.25) is 9.48 Å². The molecule has 7 heteroatoms. The van der Waals surface area contributed by atoms with Crippen LogP contribution < -0.4 is 5.32 Å². The number of nitrogens with zero attached hydrogens (tertiary/aromatic N) is 4. The second kappa shape index (κ2) is 10.5. The van der Waals surface area contributed by atoms with E-state index in [9.17, 15) is 4.79 Å². The number of thiazole rings is 1. The summed E-state index contributed by atoms with van der Waals surface area (Å²) < 4.78 is 2.04. The maximum atomic E-state index is 12.9. The Kier molecular flexibility index (Phi) is 7.06. The first kappa shape index (κ1) is 23.5. The number of amides is 1. The molecular weight excluding hydrogens is 454 g/mol. The summed E-state index contributed by atoms with van der Waals surface area (Å²) in [6.45, 7) is 1.56. The summed E-state index contributed by atoms with van der Waals surface area (Å²) in [4.78, 5) is 19.4. The number of hydrogen-bond acceptors (Lipinski definition) is 5. The van der Waals surface area contributed by atoms with E-state index in [4.69, 9.17) is 10.1 Å². The Morgan fingerprint density at radius 2 is 1.86 bits per heavy atom. The third-order valence-electron chi connectivity index (χ3n) is 6.52. The van der Waals surface area contributed by atoms with Crippen LogP contribution in [0.25, 0.3) is 11.3 Å². The van der Waals surface area contributed by atoms with Crippen molar-refractivity contribution in [1.29, 1.82) is 0 Å². The van der Waals surface area contributed by atoms with E-state index in [0.717, 1.165) is 54.1 Å². The maximum Gasteiger partial charge on any atom is 0.274 e. The monoisotopic (exact) mass is 485 g/mol. The van der Waals surface area contributed by atoms with E-state index in [1.54, 1.807) is 30.3 Å². The molecule has 35 heavy (non-hydrogen) atoms. The third kappa shape index (κ3) is 5.36. The molecule has 0 aliphatic heterocycles. The van der Waals surface area contributed by atoms with Gasteiger partial charge in [-0.15, -0.1) is 11.3 Å². The van der Waals surface area contributed by atoms with Crippen molar-refractivity contribution in [1.82, 2.24) is 25.0 Å². The molecule has 1 aliphatic carbocycles. The first-order chi connectivity index (χ1) is 17.1. The summed E-state index contributed by atoms with van der Waals surface area (Å²) in [5.41, 5.74) is 6.30. The van der Waals surface area contributed by atoms with Crippen LogP contribution >= 0.6 is 11.3 Å². The Labute approximate surface area is 210 Å². The van der Waals surface area contributed by atoms with E-state index < -0.39 is 0 Å². The van der Waals surface area contributed by atoms with Crippen molar-refractivity contribution < 1.29 is 4.79 Å². The zero-order chi connectivity index (χ0) is 24.2. The van der Waals surface area contributed by atoms with Crippen LogP contribution in [-0.4, -0.2) is 52.3 Å². The Morgan fingerprint density at radius 3 is 2.60 bits per heavy atom. The van der Waals surface area contributed by atoms with E-state index in [1.165, 1.54) is 11.3 Å². The Morgan fingerprint density at radius 1 is 1.11 bits per heavy atom. The fraction of sp³-hybridized carbons (Fsp3) is 0.321. The SMILES string of the molecule is CN(C)C(=O)c1nn(Cc2ccccc2)c2c1CC(NCCc1nc(-c3ccccc3)cs1)CC2. The van der Waals surface area contributed by atoms with Crippen LogP contribution in [0.1, 0.15) is 38.7 Å². The molecule has 180 valence electrons. The second-order valence-corrected chi connectivity index (χ2v) is 10.2. The molecule has 2 aromatic heterocycles. The molecule has 0 saturated carbocycles. The van der Waals surface area contributed by atoms with Gasteiger partial charge < -0.3 is 10.2 Å². The first-order valence-corrected chi connectivity index (χ1v) is 13.0. The molecule has 2 heterocycles. The molecule has 2 aromatic carbocycles. The van der Waals surface area contributed by atoms with E-state index in [0.29, 0.717) is 18.3 Å². The standard InChI is InChI=1S/C28H31N5OS/c1-32(2)28(34)27-23-17-22(13-14-25(23)33(31-27)18-20-9-5-3-6-10-20)29-16-15-26-30-24(19-35-26)21-11-7-4-8-12-21/h3-12,19,22,29H,13-18H2,1-2H3. The van der Waals surface area contributed by atoms with E-state index in [2.05, 4.69) is 35.0 Å². The largest absolute Gasteiger partial charge is 0.343 e. The highest BCUT2D eigenvalue weighted by molar-refractivity contribution is 7.09. The van der Waals surface area contributed by atoms with Crippen LogP contribution in [0.4, 0.5) is 0 Å². The number of rotatable bonds is 8. The predicted octanol–water partition coefficient (Wildman–Crippen LogP) is 4.45. The molecule has 1 atom stereocenters. The van der Waals surface area contributed by atoms with Gasteiger partial charge in [0.1, 0.15) is 0 Å². The molecule has 6 nitrogen and oxygen atoms in total. The Bertz CT molecular complexity index is 1280. The zero-order valence-electron chi connectivity index (χ0n) is 20.3. The van der Waals surface area contributed by atoms with Crippen molar-refractivity contribution in [2.75, 3.05) is 20.6 Å². The summed E-state index contributed by atoms with van der Waals surface area (Å²) in [5, 5.41) is 11.8. The minimum absolute atomic E-state index is 0.0232. The van der Waals surface area contributed by atoms with Crippen LogP contribution in [0, 0.1) is 0 Å². The summed E-state index contributed by atoms with van der Waals surface area (Å²) >= 11 is 1.72. The number of hydrogen-bond donors (Lipinski definition) is 1. The number of carbonyl (C=O) groups excluding carboxylic acids is 1. The molecule has 1 unspecified atom stereocenters. The van der Waals surface area contributed by atoms with Gasteiger partial charge in [0.25, 0.3) is 5.91 Å². The molecule has 4 aromatic rings. The number of benzene rings is 2. The minimum Gasteiger partial charge on any atom is -0.343 e. The lowest BCUT2D eigenvalue weighted by Crippen LogP contribution is -2.36. The van der Waals surface area contributed by atoms with Crippen molar-refractivity contribution in [3.63, 3.8) is 0 Å². The van der Waals surface area contributed by atoms with Crippen LogP contribution in [0.2, 0.25) is 0 Å². The van der Waals surface area contributed by atoms with Crippen molar-refractivity contribution in [3.8, 4) is 11.3 Å². The molecule has 1 N–H and O–H groups in total. The lowest BCUT2D eigenvalue weighted by atomic mass is 9.91. The topological polar surface area (TPSA) is 63.1 Å². The number of carbonyl (C=O) groups is 1. The second-order valence-electron chi connectivity index (χ2n) is 9.25. The lowest BCUT2D eigenvalue weighted by Gasteiger charge is -2.25. The smallest absolute Gasteiger partial charge is 0.274 e. The molecule has 0 fully saturated rings. The molecule has 1 amide bonds. The highest BCUT2D eigenvalue weighted by Crippen LogP contribution is 2.27. The first-order valence-electron chi connectivity index (χ1n) is 12.2. The van der Waals surface area contributed by atoms with Gasteiger partial charge in [0.05, 0.1) is 17.2 Å². The molecule has 1 aliphatic rings. The van der Waals surface area contributed by atoms with Crippen molar-refractivity contribution >= 4 is 17.2 Å². The van der Waals surface area contributed by atoms with Gasteiger partial charge in [0.15, 0.2) is 5.69 Å². The fourth-order valence-corrected chi connectivity index (χ4v) is 5.49. The zero-order valence-corrected chi connectivity index (χ0v) is 21.1. The molecule has 0 bridgehead atoms. The normalized spacial score (nSPS) is 15.1. The van der Waals surface area contributed by atoms with Crippen molar-refractivity contribution in [3.05, 3.63) is 93.6 Å². The van der Waals surface area contributed by atoms with Gasteiger partial charge in [-0.05, 0) is 24.8 Å². The Hall–Kier alpha value is -3.29. The van der Waals surface area contributed by atoms with Crippen molar-refractivity contribution in [2.45, 2.75) is 38.3 Å². The third-order valence-corrected chi connectivity index (χ3v) is 7.43. The van der Waals surface area contributed by atoms with Crippen LogP contribution in [0.5, 0.6) is 0 Å². The summed E-state index contributed by atoms with van der Waals surface area (Å²) in [5.74, 6) is -0.0232. The number of fused-ring (bicyclic) bond motifs is 1. The predicted molar refractivity (Wildman–Crippen MR) is 141 cm³/mol. The maximum absolute atomic E-state index is 12.9. The van der Waals surface area contributed by atoms with E-state index in [-0.39, 0.29) is 5.91 Å². The summed E-state index contributed by atoms with van der Waals surface area (Å²) in [7, 11) is 3.59. The van der Waals surface area contributed by atoms with Crippen LogP contribution in [0.3, 0.4) is 0 Å². The lowest BCUT2D eigenvalue weighted by molar-refractivity contribution is 0.0820. The van der Waals surface area contributed by atoms with Gasteiger partial charge >= 0.3 is 0 Å². The van der Waals surface area contributed by atoms with Gasteiger partial charge in [0.2, 0.25) is 0 Å². The highest BCUT2D eigenvalue weighted by atomic mass is 32.1. The Balaban J connectivity index is 1.25. The molecule has 0 saturated heterocycles. The van der Waals surface area contributed by atoms with Gasteiger partial charge in [0, 0.05) is 55.3 Å². The number of aromatic nitrogens is 3. The van der Waals surface area contributed by atoms with Crippen LogP contribution in [0.15, 0.2) is 66.0 Å². The quantitative estimate of drug-likeness (QED) is 0.401. The van der Waals surface area contributed by atoms with Crippen molar-refractivity contribution in [2.24, 2.45) is 0 Å². The molecule has 0 spiro atoms. The van der Waals surface area contributed by atoms with Gasteiger partial charge in [-0.2, -0.15) is 5.10 Å². The summed E-state index contributed by atoms with van der Waals surface area (Å²) in [6, 6.07) is 21.0. The summed E-state index contributed by atoms with van der Waals surface area (Å²) in [6.07, 6.45) is 3.68. The molecule has 5 rings (SSSR count). The van der Waals surface area contributed by atoms with Gasteiger partial charge in [-0.1, -0.05) is 60.7 Å². The van der Waals surface area contributed by atoms with Crippen LogP contribution in [-0.2, 0) is 25.8 Å². The fourth-order valence-electron chi connectivity index (χ4n) is 4.68. The van der Waals surface area contributed by atoms with E-state index in [1.807, 2.05) is 41.1 Å². The minimum atomic E-state index is -0.0232. The average molecular weight is 486 g/mol. The molecule has 0 radical (unpaired) electrons. The highest BCUT2D eigenvalue weighted by Gasteiger charge is 2.29.